The van der Waals surface area contributed by atoms with Gasteiger partial charge in [-0.25, -0.2) is 15.0 Å². The van der Waals surface area contributed by atoms with E-state index in [1.807, 2.05) is 0 Å². The van der Waals surface area contributed by atoms with Gasteiger partial charge in [0.25, 0.3) is 0 Å². The van der Waals surface area contributed by atoms with Gasteiger partial charge in [0.05, 0.1) is 12.7 Å². The van der Waals surface area contributed by atoms with E-state index in [2.05, 4.69) is 15.0 Å². The average Bonchev–Trinajstić information content (AvgIpc) is 3.15. The number of nitrogens with zero attached hydrogens (tertiary/aromatic N) is 4. The first kappa shape index (κ1) is 18.2. The Hall–Kier alpha value is -2.63. The lowest BCUT2D eigenvalue weighted by atomic mass is 10.1. The number of hydrogen-bond donors (Lipinski definition) is 3. The van der Waals surface area contributed by atoms with Gasteiger partial charge in [0, 0.05) is 6.42 Å². The Labute approximate surface area is 147 Å². The first-order valence-electron chi connectivity index (χ1n) is 7.98. The van der Waals surface area contributed by atoms with Gasteiger partial charge < -0.3 is 30.2 Å². The van der Waals surface area contributed by atoms with Crippen LogP contribution in [0.3, 0.4) is 0 Å². The third-order valence-electron chi connectivity index (χ3n) is 4.09. The van der Waals surface area contributed by atoms with Crippen LogP contribution in [0.1, 0.15) is 26.0 Å². The number of rotatable bonds is 6. The van der Waals surface area contributed by atoms with Crippen LogP contribution in [0.4, 0.5) is 5.82 Å². The molecule has 140 valence electrons. The zero-order valence-electron chi connectivity index (χ0n) is 14.0. The minimum atomic E-state index is -1.29. The number of imidazole rings is 1. The van der Waals surface area contributed by atoms with E-state index < -0.39 is 30.5 Å². The Morgan fingerprint density at radius 3 is 2.77 bits per heavy atom. The Bertz CT molecular complexity index is 824. The summed E-state index contributed by atoms with van der Waals surface area (Å²) in [4.78, 5) is 34.5. The summed E-state index contributed by atoms with van der Waals surface area (Å²) in [7, 11) is 0. The van der Waals surface area contributed by atoms with Gasteiger partial charge in [0.1, 0.15) is 42.5 Å². The van der Waals surface area contributed by atoms with Gasteiger partial charge in [-0.15, -0.1) is 0 Å². The standard InChI is InChI=1S/C15H19N5O6/c1-7(21)2-3-9(22)25-4-8-11(23)12(24)15(26-8)20-6-19-10-13(16)17-5-18-14(10)20/h5-6,8,11-12,15,23-24H,2-4H2,1H3,(H2,16,17,18)/t8-,11-,12-,15-/m1/s1. The number of ether oxygens (including phenoxy) is 2. The maximum absolute atomic E-state index is 11.6. The fraction of sp³-hybridized carbons (Fsp3) is 0.533. The van der Waals surface area contributed by atoms with Crippen molar-refractivity contribution in [2.75, 3.05) is 12.3 Å². The number of carbonyl (C=O) groups excluding carboxylic acids is 2. The first-order valence-corrected chi connectivity index (χ1v) is 7.98. The summed E-state index contributed by atoms with van der Waals surface area (Å²) in [6, 6.07) is 0. The van der Waals surface area contributed by atoms with Crippen molar-refractivity contribution < 1.29 is 29.3 Å². The van der Waals surface area contributed by atoms with E-state index in [0.29, 0.717) is 11.2 Å². The molecule has 0 saturated carbocycles. The molecule has 0 spiro atoms. The van der Waals surface area contributed by atoms with Crippen molar-refractivity contribution in [2.45, 2.75) is 44.3 Å². The van der Waals surface area contributed by atoms with Crippen LogP contribution in [0.2, 0.25) is 0 Å². The Balaban J connectivity index is 1.68. The molecule has 0 unspecified atom stereocenters. The molecule has 1 fully saturated rings. The van der Waals surface area contributed by atoms with Crippen molar-refractivity contribution in [3.05, 3.63) is 12.7 Å². The lowest BCUT2D eigenvalue weighted by Gasteiger charge is -2.16. The second-order valence-corrected chi connectivity index (χ2v) is 6.01. The zero-order valence-corrected chi connectivity index (χ0v) is 14.0. The normalized spacial score (nSPS) is 25.5. The lowest BCUT2D eigenvalue weighted by Crippen LogP contribution is -2.34. The minimum absolute atomic E-state index is 0.0491. The molecule has 0 amide bonds. The summed E-state index contributed by atoms with van der Waals surface area (Å²) in [6.07, 6.45) is -1.83. The largest absolute Gasteiger partial charge is 0.463 e. The molecule has 11 nitrogen and oxygen atoms in total. The predicted molar refractivity (Wildman–Crippen MR) is 86.5 cm³/mol. The number of nitrogens with two attached hydrogens (primary N) is 1. The van der Waals surface area contributed by atoms with Crippen LogP contribution in [0.25, 0.3) is 11.2 Å². The number of esters is 1. The fourth-order valence-electron chi connectivity index (χ4n) is 2.68. The molecule has 11 heteroatoms. The van der Waals surface area contributed by atoms with E-state index >= 15 is 0 Å². The molecule has 0 aliphatic carbocycles. The smallest absolute Gasteiger partial charge is 0.306 e. The highest BCUT2D eigenvalue weighted by Crippen LogP contribution is 2.32. The Morgan fingerprint density at radius 2 is 2.04 bits per heavy atom. The number of anilines is 1. The topological polar surface area (TPSA) is 163 Å². The molecule has 3 heterocycles. The second kappa shape index (κ2) is 7.32. The van der Waals surface area contributed by atoms with Crippen LogP contribution in [-0.2, 0) is 19.1 Å². The molecule has 4 N–H and O–H groups in total. The number of nitrogen functional groups attached to an aromatic ring is 1. The molecule has 0 bridgehead atoms. The number of aromatic nitrogens is 4. The molecule has 26 heavy (non-hydrogen) atoms. The van der Waals surface area contributed by atoms with Gasteiger partial charge in [-0.1, -0.05) is 0 Å². The molecule has 0 aromatic carbocycles. The SMILES string of the molecule is CC(=O)CCC(=O)OC[C@H]1O[C@@H](n2cnc3c(N)ncnc32)[C@H](O)[C@@H]1O. The van der Waals surface area contributed by atoms with Gasteiger partial charge in [-0.2, -0.15) is 0 Å². The van der Waals surface area contributed by atoms with Gasteiger partial charge in [0.15, 0.2) is 17.7 Å². The Morgan fingerprint density at radius 1 is 1.27 bits per heavy atom. The molecular formula is C15H19N5O6. The summed E-state index contributed by atoms with van der Waals surface area (Å²) in [5.41, 5.74) is 6.41. The molecular weight excluding hydrogens is 346 g/mol. The third-order valence-corrected chi connectivity index (χ3v) is 4.09. The molecule has 3 rings (SSSR count). The number of aliphatic hydroxyl groups excluding tert-OH is 2. The van der Waals surface area contributed by atoms with Crippen LogP contribution >= 0.6 is 0 Å². The highest BCUT2D eigenvalue weighted by atomic mass is 16.6. The molecule has 1 saturated heterocycles. The number of Topliss-reactive ketones (excluding diaryl/α,β-unsaturated/α-hetero) is 1. The van der Waals surface area contributed by atoms with E-state index in [9.17, 15) is 19.8 Å². The molecule has 0 radical (unpaired) electrons. The molecule has 2 aromatic rings. The van der Waals surface area contributed by atoms with E-state index in [1.165, 1.54) is 24.1 Å². The average molecular weight is 365 g/mol. The second-order valence-electron chi connectivity index (χ2n) is 6.01. The van der Waals surface area contributed by atoms with Crippen molar-refractivity contribution in [1.29, 1.82) is 0 Å². The van der Waals surface area contributed by atoms with E-state index in [4.69, 9.17) is 15.2 Å². The number of hydrogen-bond acceptors (Lipinski definition) is 10. The number of fused-ring (bicyclic) bond motifs is 1. The highest BCUT2D eigenvalue weighted by molar-refractivity contribution is 5.81. The molecule has 4 atom stereocenters. The summed E-state index contributed by atoms with van der Waals surface area (Å²) in [5.74, 6) is -0.525. The number of ketones is 1. The predicted octanol–water partition coefficient (Wildman–Crippen LogP) is -1.06. The summed E-state index contributed by atoms with van der Waals surface area (Å²) < 4.78 is 12.1. The lowest BCUT2D eigenvalue weighted by molar-refractivity contribution is -0.150. The number of aliphatic hydroxyl groups is 2. The quantitative estimate of drug-likeness (QED) is 0.538. The van der Waals surface area contributed by atoms with E-state index in [1.54, 1.807) is 0 Å². The van der Waals surface area contributed by atoms with Gasteiger partial charge in [-0.05, 0) is 6.92 Å². The highest BCUT2D eigenvalue weighted by Gasteiger charge is 2.44. The summed E-state index contributed by atoms with van der Waals surface area (Å²) in [5, 5.41) is 20.5. The van der Waals surface area contributed by atoms with Crippen molar-refractivity contribution in [1.82, 2.24) is 19.5 Å². The molecule has 1 aliphatic rings. The van der Waals surface area contributed by atoms with Crippen LogP contribution in [0.5, 0.6) is 0 Å². The third kappa shape index (κ3) is 3.49. The van der Waals surface area contributed by atoms with Crippen molar-refractivity contribution in [3.63, 3.8) is 0 Å². The van der Waals surface area contributed by atoms with Gasteiger partial charge in [-0.3, -0.25) is 9.36 Å². The van der Waals surface area contributed by atoms with Crippen molar-refractivity contribution in [3.8, 4) is 0 Å². The Kier molecular flexibility index (Phi) is 5.11. The number of carbonyl (C=O) groups is 2. The van der Waals surface area contributed by atoms with Crippen LogP contribution in [0.15, 0.2) is 12.7 Å². The maximum atomic E-state index is 11.6. The van der Waals surface area contributed by atoms with Gasteiger partial charge >= 0.3 is 5.97 Å². The van der Waals surface area contributed by atoms with Crippen molar-refractivity contribution in [2.24, 2.45) is 0 Å². The van der Waals surface area contributed by atoms with E-state index in [-0.39, 0.29) is 31.0 Å². The van der Waals surface area contributed by atoms with Crippen molar-refractivity contribution >= 4 is 28.7 Å². The maximum Gasteiger partial charge on any atom is 0.306 e. The van der Waals surface area contributed by atoms with Crippen LogP contribution in [0, 0.1) is 0 Å². The summed E-state index contributed by atoms with van der Waals surface area (Å²) >= 11 is 0. The van der Waals surface area contributed by atoms with Crippen LogP contribution < -0.4 is 5.73 Å². The summed E-state index contributed by atoms with van der Waals surface area (Å²) in [6.45, 7) is 1.12. The first-order chi connectivity index (χ1) is 12.4. The van der Waals surface area contributed by atoms with E-state index in [0.717, 1.165) is 0 Å². The fourth-order valence-corrected chi connectivity index (χ4v) is 2.68. The zero-order chi connectivity index (χ0) is 18.8. The monoisotopic (exact) mass is 365 g/mol. The minimum Gasteiger partial charge on any atom is -0.463 e. The van der Waals surface area contributed by atoms with Gasteiger partial charge in [0.2, 0.25) is 0 Å². The van der Waals surface area contributed by atoms with Crippen LogP contribution in [-0.4, -0.2) is 66.4 Å². The molecule has 2 aromatic heterocycles. The molecule has 1 aliphatic heterocycles.